The summed E-state index contributed by atoms with van der Waals surface area (Å²) in [5.74, 6) is 1.17. The van der Waals surface area contributed by atoms with Crippen molar-refractivity contribution >= 4 is 11.8 Å². The molecule has 1 unspecified atom stereocenters. The molecule has 0 aromatic heterocycles. The van der Waals surface area contributed by atoms with Crippen LogP contribution in [0.4, 0.5) is 0 Å². The first-order valence-electron chi connectivity index (χ1n) is 6.44. The second-order valence-electron chi connectivity index (χ2n) is 4.72. The van der Waals surface area contributed by atoms with Gasteiger partial charge in [0.1, 0.15) is 0 Å². The highest BCUT2D eigenvalue weighted by Gasteiger charge is 2.15. The van der Waals surface area contributed by atoms with Crippen molar-refractivity contribution in [2.75, 3.05) is 32.4 Å². The van der Waals surface area contributed by atoms with Crippen LogP contribution in [0.5, 0.6) is 0 Å². The minimum absolute atomic E-state index is 0.724. The molecule has 0 saturated carbocycles. The van der Waals surface area contributed by atoms with E-state index in [1.54, 1.807) is 0 Å². The van der Waals surface area contributed by atoms with Gasteiger partial charge in [-0.05, 0) is 38.6 Å². The molecule has 2 rings (SSSR count). The van der Waals surface area contributed by atoms with Gasteiger partial charge >= 0.3 is 0 Å². The van der Waals surface area contributed by atoms with E-state index in [4.69, 9.17) is 0 Å². The van der Waals surface area contributed by atoms with Crippen LogP contribution >= 0.6 is 11.8 Å². The maximum Gasteiger partial charge on any atom is 0.0195 e. The summed E-state index contributed by atoms with van der Waals surface area (Å²) in [4.78, 5) is 3.82. The van der Waals surface area contributed by atoms with Crippen molar-refractivity contribution in [3.8, 4) is 0 Å². The molecular formula is C14H22N2S. The molecule has 17 heavy (non-hydrogen) atoms. The lowest BCUT2D eigenvalue weighted by Gasteiger charge is -2.20. The van der Waals surface area contributed by atoms with Crippen LogP contribution in [-0.2, 0) is 0 Å². The summed E-state index contributed by atoms with van der Waals surface area (Å²) in [6.07, 6.45) is 2.69. The van der Waals surface area contributed by atoms with Crippen LogP contribution in [0.2, 0.25) is 0 Å². The van der Waals surface area contributed by atoms with E-state index in [9.17, 15) is 0 Å². The summed E-state index contributed by atoms with van der Waals surface area (Å²) in [6.45, 7) is 3.56. The van der Waals surface area contributed by atoms with Gasteiger partial charge in [0.2, 0.25) is 0 Å². The van der Waals surface area contributed by atoms with Gasteiger partial charge in [0.15, 0.2) is 0 Å². The zero-order valence-corrected chi connectivity index (χ0v) is 11.4. The van der Waals surface area contributed by atoms with E-state index in [0.717, 1.165) is 12.6 Å². The maximum atomic E-state index is 3.55. The Kier molecular flexibility index (Phi) is 5.36. The molecule has 1 heterocycles. The van der Waals surface area contributed by atoms with Crippen LogP contribution in [0, 0.1) is 0 Å². The van der Waals surface area contributed by atoms with Crippen molar-refractivity contribution in [1.82, 2.24) is 10.2 Å². The summed E-state index contributed by atoms with van der Waals surface area (Å²) < 4.78 is 0. The van der Waals surface area contributed by atoms with Gasteiger partial charge < -0.3 is 10.2 Å². The molecule has 1 aromatic rings. The molecule has 94 valence electrons. The molecule has 1 saturated heterocycles. The molecule has 0 bridgehead atoms. The van der Waals surface area contributed by atoms with Crippen molar-refractivity contribution < 1.29 is 0 Å². The number of hydrogen-bond acceptors (Lipinski definition) is 3. The summed E-state index contributed by atoms with van der Waals surface area (Å²) in [5.41, 5.74) is 0. The van der Waals surface area contributed by atoms with Crippen molar-refractivity contribution in [1.29, 1.82) is 0 Å². The number of nitrogens with one attached hydrogen (secondary N) is 1. The quantitative estimate of drug-likeness (QED) is 0.781. The fraction of sp³-hybridized carbons (Fsp3) is 0.571. The molecule has 1 atom stereocenters. The number of likely N-dealkylation sites (N-methyl/N-ethyl adjacent to an activating group) is 1. The summed E-state index contributed by atoms with van der Waals surface area (Å²) >= 11 is 1.94. The van der Waals surface area contributed by atoms with E-state index in [1.165, 1.54) is 36.6 Å². The van der Waals surface area contributed by atoms with Crippen molar-refractivity contribution in [2.45, 2.75) is 23.8 Å². The van der Waals surface area contributed by atoms with Crippen LogP contribution in [0.25, 0.3) is 0 Å². The predicted molar refractivity (Wildman–Crippen MR) is 75.7 cm³/mol. The lowest BCUT2D eigenvalue weighted by Crippen LogP contribution is -2.36. The molecule has 0 amide bonds. The topological polar surface area (TPSA) is 15.3 Å². The molecular weight excluding hydrogens is 228 g/mol. The first-order valence-corrected chi connectivity index (χ1v) is 7.43. The number of hydrogen-bond donors (Lipinski definition) is 1. The molecule has 3 heteroatoms. The Morgan fingerprint density at radius 1 is 1.35 bits per heavy atom. The molecule has 1 aliphatic heterocycles. The monoisotopic (exact) mass is 250 g/mol. The fourth-order valence-electron chi connectivity index (χ4n) is 2.22. The molecule has 0 radical (unpaired) electrons. The normalized spacial score (nSPS) is 20.0. The van der Waals surface area contributed by atoms with E-state index < -0.39 is 0 Å². The maximum absolute atomic E-state index is 3.55. The van der Waals surface area contributed by atoms with E-state index in [-0.39, 0.29) is 0 Å². The zero-order chi connectivity index (χ0) is 11.9. The van der Waals surface area contributed by atoms with Crippen LogP contribution in [0.15, 0.2) is 35.2 Å². The molecule has 1 aliphatic rings. The van der Waals surface area contributed by atoms with Gasteiger partial charge in [-0.2, -0.15) is 0 Å². The van der Waals surface area contributed by atoms with E-state index in [0.29, 0.717) is 0 Å². The summed E-state index contributed by atoms with van der Waals surface area (Å²) in [7, 11) is 2.23. The lowest BCUT2D eigenvalue weighted by molar-refractivity contribution is 0.317. The Morgan fingerprint density at radius 3 is 2.88 bits per heavy atom. The van der Waals surface area contributed by atoms with Crippen molar-refractivity contribution in [3.05, 3.63) is 30.3 Å². The van der Waals surface area contributed by atoms with Gasteiger partial charge in [0, 0.05) is 29.8 Å². The van der Waals surface area contributed by atoms with Crippen molar-refractivity contribution in [3.63, 3.8) is 0 Å². The largest absolute Gasteiger partial charge is 0.313 e. The van der Waals surface area contributed by atoms with Gasteiger partial charge in [-0.1, -0.05) is 18.2 Å². The third kappa shape index (κ3) is 4.70. The lowest BCUT2D eigenvalue weighted by atomic mass is 10.2. The molecule has 0 spiro atoms. The first-order chi connectivity index (χ1) is 8.34. The Labute approximate surface area is 109 Å². The van der Waals surface area contributed by atoms with Gasteiger partial charge in [-0.15, -0.1) is 11.8 Å². The Hall–Kier alpha value is -0.510. The number of nitrogens with zero attached hydrogens (tertiary/aromatic N) is 1. The van der Waals surface area contributed by atoms with Gasteiger partial charge in [-0.3, -0.25) is 0 Å². The third-order valence-electron chi connectivity index (χ3n) is 3.18. The number of rotatable bonds is 6. The second-order valence-corrected chi connectivity index (χ2v) is 5.89. The highest BCUT2D eigenvalue weighted by atomic mass is 32.2. The highest BCUT2D eigenvalue weighted by Crippen LogP contribution is 2.16. The fourth-order valence-corrected chi connectivity index (χ4v) is 3.20. The molecule has 2 nitrogen and oxygen atoms in total. The molecule has 1 fully saturated rings. The Balaban J connectivity index is 1.61. The van der Waals surface area contributed by atoms with Crippen LogP contribution in [0.3, 0.4) is 0 Å². The minimum atomic E-state index is 0.724. The van der Waals surface area contributed by atoms with Gasteiger partial charge in [-0.25, -0.2) is 0 Å². The average Bonchev–Trinajstić information content (AvgIpc) is 2.83. The number of benzene rings is 1. The first kappa shape index (κ1) is 12.9. The second kappa shape index (κ2) is 7.04. The SMILES string of the molecule is CN(CCSc1ccccc1)CC1CCCN1. The highest BCUT2D eigenvalue weighted by molar-refractivity contribution is 7.99. The van der Waals surface area contributed by atoms with Gasteiger partial charge in [0.05, 0.1) is 0 Å². The van der Waals surface area contributed by atoms with E-state index in [2.05, 4.69) is 47.6 Å². The van der Waals surface area contributed by atoms with Crippen LogP contribution < -0.4 is 5.32 Å². The third-order valence-corrected chi connectivity index (χ3v) is 4.17. The predicted octanol–water partition coefficient (Wildman–Crippen LogP) is 2.46. The number of thioether (sulfide) groups is 1. The molecule has 1 aromatic carbocycles. The van der Waals surface area contributed by atoms with Crippen LogP contribution in [0.1, 0.15) is 12.8 Å². The molecule has 1 N–H and O–H groups in total. The Bertz CT molecular complexity index is 309. The summed E-state index contributed by atoms with van der Waals surface area (Å²) in [6, 6.07) is 11.4. The smallest absolute Gasteiger partial charge is 0.0195 e. The average molecular weight is 250 g/mol. The van der Waals surface area contributed by atoms with E-state index in [1.807, 2.05) is 11.8 Å². The standard InChI is InChI=1S/C14H22N2S/c1-16(12-13-6-5-9-15-13)10-11-17-14-7-3-2-4-8-14/h2-4,7-8,13,15H,5-6,9-12H2,1H3. The van der Waals surface area contributed by atoms with Crippen molar-refractivity contribution in [2.24, 2.45) is 0 Å². The van der Waals surface area contributed by atoms with Crippen LogP contribution in [-0.4, -0.2) is 43.4 Å². The Morgan fingerprint density at radius 2 is 2.18 bits per heavy atom. The molecule has 0 aliphatic carbocycles. The van der Waals surface area contributed by atoms with Gasteiger partial charge in [0.25, 0.3) is 0 Å². The zero-order valence-electron chi connectivity index (χ0n) is 10.6. The summed E-state index contributed by atoms with van der Waals surface area (Å²) in [5, 5.41) is 3.55. The minimum Gasteiger partial charge on any atom is -0.313 e. The van der Waals surface area contributed by atoms with E-state index >= 15 is 0 Å².